The third-order valence-corrected chi connectivity index (χ3v) is 6.25. The van der Waals surface area contributed by atoms with Gasteiger partial charge in [-0.2, -0.15) is 0 Å². The number of alkyl halides is 2. The van der Waals surface area contributed by atoms with Crippen LogP contribution in [0.1, 0.15) is 66.9 Å². The average molecular weight is 396 g/mol. The predicted molar refractivity (Wildman–Crippen MR) is 101 cm³/mol. The van der Waals surface area contributed by atoms with Gasteiger partial charge in [-0.05, 0) is 43.4 Å². The molecule has 27 heavy (non-hydrogen) atoms. The molecule has 0 amide bonds. The summed E-state index contributed by atoms with van der Waals surface area (Å²) in [7, 11) is 0. The first-order valence-corrected chi connectivity index (χ1v) is 10.1. The average Bonchev–Trinajstić information content (AvgIpc) is 3.27. The van der Waals surface area contributed by atoms with Gasteiger partial charge in [0.15, 0.2) is 5.78 Å². The summed E-state index contributed by atoms with van der Waals surface area (Å²) in [4.78, 5) is 13.0. The van der Waals surface area contributed by atoms with Gasteiger partial charge in [0.25, 0.3) is 0 Å². The number of hydrogen-bond donors (Lipinski definition) is 0. The highest BCUT2D eigenvalue weighted by atomic mass is 35.5. The molecule has 1 saturated carbocycles. The number of ether oxygens (including phenoxy) is 1. The standard InChI is InChI=1S/C21H24ClF2NO2/c22-17-4-2-9-25-18(15-7-10-27-13-15)11-16(20(17)25)19(26)6-5-14-3-1-8-21(23,24)12-14/h2,4,9,11,14-15H,1,3,5-8,10,12-13H2. The fourth-order valence-electron chi connectivity index (χ4n) is 4.53. The molecule has 3 nitrogen and oxygen atoms in total. The number of Topliss-reactive ketones (excluding diaryl/α,β-unsaturated/α-hetero) is 1. The Morgan fingerprint density at radius 1 is 1.37 bits per heavy atom. The number of halogens is 3. The maximum Gasteiger partial charge on any atom is 0.248 e. The van der Waals surface area contributed by atoms with E-state index in [2.05, 4.69) is 0 Å². The van der Waals surface area contributed by atoms with E-state index in [-0.39, 0.29) is 36.9 Å². The van der Waals surface area contributed by atoms with Gasteiger partial charge < -0.3 is 9.14 Å². The molecular formula is C21H24ClF2NO2. The van der Waals surface area contributed by atoms with Gasteiger partial charge in [-0.3, -0.25) is 4.79 Å². The summed E-state index contributed by atoms with van der Waals surface area (Å²) in [5, 5.41) is 0.537. The first kappa shape index (κ1) is 18.9. The van der Waals surface area contributed by atoms with Crippen LogP contribution in [0.3, 0.4) is 0 Å². The minimum Gasteiger partial charge on any atom is -0.381 e. The maximum atomic E-state index is 13.6. The second kappa shape index (κ2) is 7.51. The summed E-state index contributed by atoms with van der Waals surface area (Å²) < 4.78 is 34.7. The molecule has 2 unspecified atom stereocenters. The Morgan fingerprint density at radius 3 is 2.96 bits per heavy atom. The van der Waals surface area contributed by atoms with E-state index in [4.69, 9.17) is 16.3 Å². The molecule has 0 spiro atoms. The summed E-state index contributed by atoms with van der Waals surface area (Å²) in [5.41, 5.74) is 2.36. The Hall–Kier alpha value is -1.46. The highest BCUT2D eigenvalue weighted by molar-refractivity contribution is 6.35. The lowest BCUT2D eigenvalue weighted by Crippen LogP contribution is -2.26. The molecule has 0 aromatic carbocycles. The molecule has 1 aliphatic heterocycles. The normalized spacial score (nSPS) is 25.1. The lowest BCUT2D eigenvalue weighted by atomic mass is 9.83. The molecule has 1 aliphatic carbocycles. The third kappa shape index (κ3) is 3.90. The Kier molecular flexibility index (Phi) is 5.26. The van der Waals surface area contributed by atoms with Gasteiger partial charge in [0.05, 0.1) is 17.1 Å². The van der Waals surface area contributed by atoms with Crippen LogP contribution in [0.2, 0.25) is 5.02 Å². The Morgan fingerprint density at radius 2 is 2.22 bits per heavy atom. The lowest BCUT2D eigenvalue weighted by molar-refractivity contribution is -0.0535. The van der Waals surface area contributed by atoms with Crippen LogP contribution < -0.4 is 0 Å². The number of hydrogen-bond acceptors (Lipinski definition) is 2. The predicted octanol–water partition coefficient (Wildman–Crippen LogP) is 5.89. The van der Waals surface area contributed by atoms with Crippen molar-refractivity contribution < 1.29 is 18.3 Å². The van der Waals surface area contributed by atoms with Crippen molar-refractivity contribution in [2.24, 2.45) is 5.92 Å². The molecule has 146 valence electrons. The molecule has 4 rings (SSSR count). The topological polar surface area (TPSA) is 30.7 Å². The van der Waals surface area contributed by atoms with E-state index in [0.717, 1.165) is 30.7 Å². The largest absolute Gasteiger partial charge is 0.381 e. The van der Waals surface area contributed by atoms with Crippen LogP contribution in [0.5, 0.6) is 0 Å². The Bertz CT molecular complexity index is 842. The van der Waals surface area contributed by atoms with E-state index in [1.807, 2.05) is 22.7 Å². The zero-order valence-corrected chi connectivity index (χ0v) is 16.0. The second-order valence-corrected chi connectivity index (χ2v) is 8.31. The number of fused-ring (bicyclic) bond motifs is 1. The summed E-state index contributed by atoms with van der Waals surface area (Å²) in [6.45, 7) is 1.36. The highest BCUT2D eigenvalue weighted by Gasteiger charge is 2.36. The molecular weight excluding hydrogens is 372 g/mol. The smallest absolute Gasteiger partial charge is 0.248 e. The fourth-order valence-corrected chi connectivity index (χ4v) is 4.79. The van der Waals surface area contributed by atoms with E-state index < -0.39 is 5.92 Å². The van der Waals surface area contributed by atoms with Crippen molar-refractivity contribution in [3.63, 3.8) is 0 Å². The SMILES string of the molecule is O=C(CCC1CCCC(F)(F)C1)c1cc(C2CCOC2)n2cccc(Cl)c12. The van der Waals surface area contributed by atoms with Crippen molar-refractivity contribution in [1.29, 1.82) is 0 Å². The van der Waals surface area contributed by atoms with Gasteiger partial charge in [-0.1, -0.05) is 18.0 Å². The second-order valence-electron chi connectivity index (χ2n) is 7.90. The van der Waals surface area contributed by atoms with Crippen molar-refractivity contribution in [3.8, 4) is 0 Å². The van der Waals surface area contributed by atoms with Gasteiger partial charge in [0.1, 0.15) is 0 Å². The Balaban J connectivity index is 1.56. The van der Waals surface area contributed by atoms with Gasteiger partial charge >= 0.3 is 0 Å². The molecule has 1 saturated heterocycles. The molecule has 2 aliphatic rings. The molecule has 0 bridgehead atoms. The third-order valence-electron chi connectivity index (χ3n) is 5.94. The minimum atomic E-state index is -2.58. The van der Waals surface area contributed by atoms with E-state index >= 15 is 0 Å². The number of rotatable bonds is 5. The molecule has 3 heterocycles. The van der Waals surface area contributed by atoms with Gasteiger partial charge in [0.2, 0.25) is 5.92 Å². The first-order valence-electron chi connectivity index (χ1n) is 9.73. The molecule has 2 aromatic rings. The van der Waals surface area contributed by atoms with Crippen molar-refractivity contribution in [2.45, 2.75) is 56.8 Å². The monoisotopic (exact) mass is 395 g/mol. The zero-order valence-electron chi connectivity index (χ0n) is 15.2. The van der Waals surface area contributed by atoms with Gasteiger partial charge in [-0.15, -0.1) is 0 Å². The van der Waals surface area contributed by atoms with Crippen LogP contribution in [0, 0.1) is 5.92 Å². The molecule has 2 fully saturated rings. The van der Waals surface area contributed by atoms with Crippen molar-refractivity contribution >= 4 is 22.9 Å². The fraction of sp³-hybridized carbons (Fsp3) is 0.571. The van der Waals surface area contributed by atoms with Gasteiger partial charge in [0, 0.05) is 49.2 Å². The molecule has 2 atom stereocenters. The lowest BCUT2D eigenvalue weighted by Gasteiger charge is -2.28. The van der Waals surface area contributed by atoms with Crippen LogP contribution >= 0.6 is 11.6 Å². The molecule has 2 aromatic heterocycles. The maximum absolute atomic E-state index is 13.6. The number of pyridine rings is 1. The van der Waals surface area contributed by atoms with Crippen LogP contribution in [-0.2, 0) is 4.74 Å². The summed E-state index contributed by atoms with van der Waals surface area (Å²) in [6, 6.07) is 5.58. The molecule has 0 radical (unpaired) electrons. The number of ketones is 1. The van der Waals surface area contributed by atoms with Crippen LogP contribution in [0.4, 0.5) is 8.78 Å². The van der Waals surface area contributed by atoms with E-state index in [1.54, 1.807) is 6.07 Å². The Labute approximate surface area is 162 Å². The number of carbonyl (C=O) groups excluding carboxylic acids is 1. The minimum absolute atomic E-state index is 0.0142. The van der Waals surface area contributed by atoms with Crippen molar-refractivity contribution in [2.75, 3.05) is 13.2 Å². The highest BCUT2D eigenvalue weighted by Crippen LogP contribution is 2.39. The van der Waals surface area contributed by atoms with E-state index in [0.29, 0.717) is 30.0 Å². The number of carbonyl (C=O) groups is 1. The van der Waals surface area contributed by atoms with Crippen LogP contribution in [0.25, 0.3) is 5.52 Å². The molecule has 6 heteroatoms. The van der Waals surface area contributed by atoms with Crippen LogP contribution in [0.15, 0.2) is 24.4 Å². The van der Waals surface area contributed by atoms with E-state index in [9.17, 15) is 13.6 Å². The zero-order chi connectivity index (χ0) is 19.0. The summed E-state index contributed by atoms with van der Waals surface area (Å²) in [6.07, 6.45) is 4.84. The molecule has 0 N–H and O–H groups in total. The first-order chi connectivity index (χ1) is 12.9. The summed E-state index contributed by atoms with van der Waals surface area (Å²) >= 11 is 6.41. The number of nitrogens with zero attached hydrogens (tertiary/aromatic N) is 1. The van der Waals surface area contributed by atoms with Gasteiger partial charge in [-0.25, -0.2) is 8.78 Å². The summed E-state index contributed by atoms with van der Waals surface area (Å²) in [5.74, 6) is -2.42. The van der Waals surface area contributed by atoms with Crippen molar-refractivity contribution in [3.05, 3.63) is 40.7 Å². The van der Waals surface area contributed by atoms with Crippen LogP contribution in [-0.4, -0.2) is 29.3 Å². The van der Waals surface area contributed by atoms with E-state index in [1.165, 1.54) is 0 Å². The number of aromatic nitrogens is 1. The van der Waals surface area contributed by atoms with Crippen molar-refractivity contribution in [1.82, 2.24) is 4.40 Å². The quantitative estimate of drug-likeness (QED) is 0.591.